The Morgan fingerprint density at radius 3 is 1.95 bits per heavy atom. The average molecular weight is 286 g/mol. The van der Waals surface area contributed by atoms with Crippen molar-refractivity contribution < 1.29 is 35.1 Å². The number of aliphatic hydroxyl groups is 2. The summed E-state index contributed by atoms with van der Waals surface area (Å²) in [4.78, 5) is 22.2. The normalized spacial score (nSPS) is 12.1. The van der Waals surface area contributed by atoms with Gasteiger partial charge in [0.25, 0.3) is 0 Å². The fourth-order valence-corrected chi connectivity index (χ4v) is 1.81. The van der Waals surface area contributed by atoms with E-state index in [1.165, 1.54) is 0 Å². The van der Waals surface area contributed by atoms with Crippen LogP contribution in [0.1, 0.15) is 26.3 Å². The lowest BCUT2D eigenvalue weighted by molar-refractivity contribution is 0.0691. The first-order valence-electron chi connectivity index (χ1n) is 5.40. The van der Waals surface area contributed by atoms with E-state index in [2.05, 4.69) is 0 Å². The number of hydrogen-bond acceptors (Lipinski definition) is 7. The van der Waals surface area contributed by atoms with Crippen LogP contribution >= 0.6 is 0 Å². The van der Waals surface area contributed by atoms with Crippen molar-refractivity contribution in [2.75, 3.05) is 18.1 Å². The minimum Gasteiger partial charge on any atom is -0.505 e. The number of aliphatic hydroxyl groups excluding tert-OH is 2. The highest BCUT2D eigenvalue weighted by Gasteiger charge is 2.28. The molecule has 0 fully saturated rings. The van der Waals surface area contributed by atoms with Crippen LogP contribution in [0.15, 0.2) is 0 Å². The lowest BCUT2D eigenvalue weighted by atomic mass is 9.94. The number of phenols is 1. The molecule has 1 aromatic rings. The number of anilines is 2. The van der Waals surface area contributed by atoms with E-state index in [9.17, 15) is 19.8 Å². The number of benzene rings is 1. The smallest absolute Gasteiger partial charge is 0.340 e. The number of rotatable bonds is 5. The Bertz CT molecular complexity index is 571. The maximum absolute atomic E-state index is 11.2. The molecule has 1 atom stereocenters. The summed E-state index contributed by atoms with van der Waals surface area (Å²) in [5.74, 6) is -3.96. The van der Waals surface area contributed by atoms with Crippen molar-refractivity contribution in [3.8, 4) is 5.75 Å². The molecule has 0 aliphatic carbocycles. The minimum absolute atomic E-state index is 0.334. The number of phenolic OH excluding ortho intramolecular Hbond substituents is 1. The van der Waals surface area contributed by atoms with Gasteiger partial charge < -0.3 is 37.0 Å². The summed E-state index contributed by atoms with van der Waals surface area (Å²) in [6, 6.07) is 0. The summed E-state index contributed by atoms with van der Waals surface area (Å²) >= 11 is 0. The van der Waals surface area contributed by atoms with E-state index in [0.29, 0.717) is 0 Å². The van der Waals surface area contributed by atoms with E-state index in [4.69, 9.17) is 26.8 Å². The molecule has 0 amide bonds. The number of nitrogen functional groups attached to an aromatic ring is 2. The summed E-state index contributed by atoms with van der Waals surface area (Å²) in [5.41, 5.74) is 7.96. The van der Waals surface area contributed by atoms with Gasteiger partial charge in [-0.15, -0.1) is 0 Å². The molecule has 20 heavy (non-hydrogen) atoms. The van der Waals surface area contributed by atoms with Crippen LogP contribution in [0.3, 0.4) is 0 Å². The highest BCUT2D eigenvalue weighted by Crippen LogP contribution is 2.38. The largest absolute Gasteiger partial charge is 0.505 e. The van der Waals surface area contributed by atoms with E-state index in [1.54, 1.807) is 0 Å². The third kappa shape index (κ3) is 2.58. The molecule has 0 aliphatic rings. The predicted molar refractivity (Wildman–Crippen MR) is 67.6 cm³/mol. The van der Waals surface area contributed by atoms with Gasteiger partial charge in [0.2, 0.25) is 0 Å². The molecule has 0 saturated carbocycles. The Labute approximate surface area is 112 Å². The molecule has 0 aliphatic heterocycles. The first-order chi connectivity index (χ1) is 9.22. The number of aromatic hydroxyl groups is 1. The van der Waals surface area contributed by atoms with Gasteiger partial charge in [0.1, 0.15) is 11.3 Å². The molecule has 1 rings (SSSR count). The molecule has 110 valence electrons. The van der Waals surface area contributed by atoms with Gasteiger partial charge in [-0.25, -0.2) is 9.59 Å². The Balaban J connectivity index is 3.67. The van der Waals surface area contributed by atoms with E-state index in [0.717, 1.165) is 0 Å². The fraction of sp³-hybridized carbons (Fsp3) is 0.273. The predicted octanol–water partition coefficient (Wildman–Crippen LogP) is -1.15. The van der Waals surface area contributed by atoms with Gasteiger partial charge in [-0.2, -0.15) is 0 Å². The van der Waals surface area contributed by atoms with Gasteiger partial charge in [0, 0.05) is 12.0 Å². The van der Waals surface area contributed by atoms with E-state index < -0.39 is 59.3 Å². The molecule has 0 saturated heterocycles. The Hall–Kier alpha value is -2.52. The maximum Gasteiger partial charge on any atom is 0.340 e. The Kier molecular flexibility index (Phi) is 4.38. The third-order valence-corrected chi connectivity index (χ3v) is 2.73. The van der Waals surface area contributed by atoms with Crippen LogP contribution in [0.5, 0.6) is 5.75 Å². The molecular formula is C11H14N2O7. The number of carboxylic acid groups (broad SMARTS) is 2. The van der Waals surface area contributed by atoms with E-state index in [-0.39, 0.29) is 5.56 Å². The number of hydrogen-bond donors (Lipinski definition) is 7. The van der Waals surface area contributed by atoms with Crippen LogP contribution < -0.4 is 11.5 Å². The summed E-state index contributed by atoms with van der Waals surface area (Å²) in [5, 5.41) is 46.0. The number of carbonyl (C=O) groups is 2. The Morgan fingerprint density at radius 1 is 1.05 bits per heavy atom. The highest BCUT2D eigenvalue weighted by atomic mass is 16.4. The third-order valence-electron chi connectivity index (χ3n) is 2.73. The average Bonchev–Trinajstić information content (AvgIpc) is 2.34. The second-order valence-corrected chi connectivity index (χ2v) is 4.06. The summed E-state index contributed by atoms with van der Waals surface area (Å²) in [7, 11) is 0. The number of nitrogens with two attached hydrogens (primary N) is 2. The highest BCUT2D eigenvalue weighted by molar-refractivity contribution is 6.08. The molecule has 1 aromatic carbocycles. The Morgan fingerprint density at radius 2 is 1.55 bits per heavy atom. The van der Waals surface area contributed by atoms with Crippen LogP contribution in [0.25, 0.3) is 0 Å². The summed E-state index contributed by atoms with van der Waals surface area (Å²) < 4.78 is 0. The van der Waals surface area contributed by atoms with Gasteiger partial charge in [0.05, 0.1) is 29.6 Å². The van der Waals surface area contributed by atoms with Crippen molar-refractivity contribution in [3.63, 3.8) is 0 Å². The monoisotopic (exact) mass is 286 g/mol. The van der Waals surface area contributed by atoms with Gasteiger partial charge >= 0.3 is 11.9 Å². The van der Waals surface area contributed by atoms with Crippen LogP contribution in [0.4, 0.5) is 11.4 Å². The molecular weight excluding hydrogens is 272 g/mol. The quantitative estimate of drug-likeness (QED) is 0.199. The second kappa shape index (κ2) is 5.63. The van der Waals surface area contributed by atoms with Crippen molar-refractivity contribution in [2.24, 2.45) is 0 Å². The molecule has 9 nitrogen and oxygen atoms in total. The molecule has 1 unspecified atom stereocenters. The van der Waals surface area contributed by atoms with Crippen LogP contribution in [0.2, 0.25) is 0 Å². The number of carboxylic acids is 2. The van der Waals surface area contributed by atoms with Gasteiger partial charge in [-0.1, -0.05) is 0 Å². The van der Waals surface area contributed by atoms with Crippen LogP contribution in [-0.4, -0.2) is 50.2 Å². The SMILES string of the molecule is Nc1c(O)c(CC(O)CO)c(C(=O)O)c(N)c1C(=O)O. The second-order valence-electron chi connectivity index (χ2n) is 4.06. The van der Waals surface area contributed by atoms with Crippen molar-refractivity contribution in [2.45, 2.75) is 12.5 Å². The summed E-state index contributed by atoms with van der Waals surface area (Å²) in [6.45, 7) is -0.682. The molecule has 9 heteroatoms. The maximum atomic E-state index is 11.2. The molecule has 0 radical (unpaired) electrons. The van der Waals surface area contributed by atoms with E-state index in [1.807, 2.05) is 0 Å². The zero-order valence-corrected chi connectivity index (χ0v) is 10.2. The van der Waals surface area contributed by atoms with Crippen molar-refractivity contribution in [3.05, 3.63) is 16.7 Å². The van der Waals surface area contributed by atoms with Crippen molar-refractivity contribution >= 4 is 23.3 Å². The zero-order chi connectivity index (χ0) is 15.6. The molecule has 0 aromatic heterocycles. The van der Waals surface area contributed by atoms with Gasteiger partial charge in [-0.05, 0) is 0 Å². The molecule has 9 N–H and O–H groups in total. The fourth-order valence-electron chi connectivity index (χ4n) is 1.81. The standard InChI is InChI=1S/C11H14N2O7/c12-7-5(10(17)18)4(1-3(15)2-14)9(16)8(13)6(7)11(19)20/h3,14-16H,1-2,12-13H2,(H,17,18)(H,19,20). The molecule has 0 spiro atoms. The molecule has 0 bridgehead atoms. The zero-order valence-electron chi connectivity index (χ0n) is 10.2. The van der Waals surface area contributed by atoms with Gasteiger partial charge in [0.15, 0.2) is 0 Å². The van der Waals surface area contributed by atoms with Crippen LogP contribution in [-0.2, 0) is 6.42 Å². The van der Waals surface area contributed by atoms with Crippen LogP contribution in [0, 0.1) is 0 Å². The first kappa shape index (κ1) is 15.5. The van der Waals surface area contributed by atoms with Gasteiger partial charge in [-0.3, -0.25) is 0 Å². The number of aromatic carboxylic acids is 2. The van der Waals surface area contributed by atoms with Crippen molar-refractivity contribution in [1.29, 1.82) is 0 Å². The van der Waals surface area contributed by atoms with Crippen molar-refractivity contribution in [1.82, 2.24) is 0 Å². The van der Waals surface area contributed by atoms with E-state index >= 15 is 0 Å². The lowest BCUT2D eigenvalue weighted by Gasteiger charge is -2.17. The lowest BCUT2D eigenvalue weighted by Crippen LogP contribution is -2.21. The topological polar surface area (TPSA) is 187 Å². The minimum atomic E-state index is -1.59. The first-order valence-corrected chi connectivity index (χ1v) is 5.40. The molecule has 0 heterocycles. The summed E-state index contributed by atoms with van der Waals surface area (Å²) in [6.07, 6.45) is -1.80.